The first kappa shape index (κ1) is 18.8. The van der Waals surface area contributed by atoms with Gasteiger partial charge in [-0.25, -0.2) is 4.39 Å². The Morgan fingerprint density at radius 2 is 1.97 bits per heavy atom. The van der Waals surface area contributed by atoms with Crippen molar-refractivity contribution in [1.82, 2.24) is 10.3 Å². The molecular formula is C24H22FN3O2. The van der Waals surface area contributed by atoms with Crippen LogP contribution in [0.1, 0.15) is 59.4 Å². The molecule has 2 aromatic carbocycles. The first-order chi connectivity index (χ1) is 14.4. The van der Waals surface area contributed by atoms with Crippen LogP contribution in [0.25, 0.3) is 10.9 Å². The van der Waals surface area contributed by atoms with Crippen LogP contribution in [-0.4, -0.2) is 30.0 Å². The third-order valence-electron chi connectivity index (χ3n) is 6.36. The van der Waals surface area contributed by atoms with E-state index < -0.39 is 11.2 Å². The zero-order chi connectivity index (χ0) is 21.0. The van der Waals surface area contributed by atoms with Gasteiger partial charge in [-0.05, 0) is 61.8 Å². The van der Waals surface area contributed by atoms with Gasteiger partial charge < -0.3 is 15.0 Å². The summed E-state index contributed by atoms with van der Waals surface area (Å²) in [5.41, 5.74) is 2.77. The molecule has 0 amide bonds. The topological polar surface area (TPSA) is 77.9 Å². The molecule has 0 radical (unpaired) electrons. The maximum absolute atomic E-state index is 14.3. The number of rotatable bonds is 2. The number of carbonyl (C=O) groups excluding carboxylic acids is 1. The van der Waals surface area contributed by atoms with Gasteiger partial charge in [0.25, 0.3) is 0 Å². The molecule has 2 aliphatic rings. The van der Waals surface area contributed by atoms with E-state index in [0.29, 0.717) is 22.0 Å². The number of H-pyrrole nitrogens is 1. The summed E-state index contributed by atoms with van der Waals surface area (Å²) in [6.07, 6.45) is 2.08. The fraction of sp³-hybridized carbons (Fsp3) is 0.333. The Bertz CT molecular complexity index is 1230. The summed E-state index contributed by atoms with van der Waals surface area (Å²) < 4.78 is 20.5. The Balaban J connectivity index is 1.62. The molecule has 1 aromatic heterocycles. The summed E-state index contributed by atoms with van der Waals surface area (Å²) in [4.78, 5) is 16.7. The van der Waals surface area contributed by atoms with Crippen LogP contribution in [0.3, 0.4) is 0 Å². The zero-order valence-electron chi connectivity index (χ0n) is 16.9. The normalized spacial score (nSPS) is 18.0. The van der Waals surface area contributed by atoms with Crippen LogP contribution in [0.4, 0.5) is 4.39 Å². The molecule has 30 heavy (non-hydrogen) atoms. The standard InChI is InChI=1S/C24H22FN3O2/c1-24(2)18-10-15(30-14-5-7-27-8-6-14)3-4-16(18)22(29)21-17-11-19(25)13(12-26)9-20(17)28-23(21)24/h3-4,9-11,14,27-28H,5-8H2,1-2H3. The van der Waals surface area contributed by atoms with Crippen LogP contribution in [-0.2, 0) is 5.41 Å². The average molecular weight is 403 g/mol. The summed E-state index contributed by atoms with van der Waals surface area (Å²) >= 11 is 0. The fourth-order valence-corrected chi connectivity index (χ4v) is 4.69. The third-order valence-corrected chi connectivity index (χ3v) is 6.36. The Kier molecular flexibility index (Phi) is 4.19. The number of benzene rings is 2. The molecule has 1 aliphatic heterocycles. The van der Waals surface area contributed by atoms with Crippen molar-refractivity contribution in [3.8, 4) is 11.8 Å². The van der Waals surface area contributed by atoms with Crippen LogP contribution in [0.5, 0.6) is 5.75 Å². The second-order valence-electron chi connectivity index (χ2n) is 8.59. The molecule has 152 valence electrons. The first-order valence-electron chi connectivity index (χ1n) is 10.2. The summed E-state index contributed by atoms with van der Waals surface area (Å²) in [5.74, 6) is 0.0101. The summed E-state index contributed by atoms with van der Waals surface area (Å²) in [6.45, 7) is 5.98. The molecule has 2 heterocycles. The van der Waals surface area contributed by atoms with E-state index in [9.17, 15) is 9.18 Å². The number of ketones is 1. The highest BCUT2D eigenvalue weighted by Gasteiger charge is 2.40. The molecular weight excluding hydrogens is 381 g/mol. The van der Waals surface area contributed by atoms with Gasteiger partial charge in [-0.1, -0.05) is 13.8 Å². The molecule has 5 nitrogen and oxygen atoms in total. The van der Waals surface area contributed by atoms with Gasteiger partial charge in [-0.15, -0.1) is 0 Å². The van der Waals surface area contributed by atoms with Crippen LogP contribution in [0.2, 0.25) is 0 Å². The number of hydrogen-bond acceptors (Lipinski definition) is 4. The number of hydrogen-bond donors (Lipinski definition) is 2. The maximum atomic E-state index is 14.3. The van der Waals surface area contributed by atoms with Crippen molar-refractivity contribution < 1.29 is 13.9 Å². The van der Waals surface area contributed by atoms with Gasteiger partial charge in [0.1, 0.15) is 23.7 Å². The summed E-state index contributed by atoms with van der Waals surface area (Å²) in [5, 5.41) is 13.0. The number of ether oxygens (including phenoxy) is 1. The lowest BCUT2D eigenvalue weighted by atomic mass is 9.71. The van der Waals surface area contributed by atoms with Gasteiger partial charge in [0, 0.05) is 27.6 Å². The number of piperidine rings is 1. The zero-order valence-corrected chi connectivity index (χ0v) is 16.9. The number of halogens is 1. The number of aromatic amines is 1. The van der Waals surface area contributed by atoms with Gasteiger partial charge in [-0.2, -0.15) is 5.26 Å². The minimum absolute atomic E-state index is 0.0403. The quantitative estimate of drug-likeness (QED) is 0.673. The van der Waals surface area contributed by atoms with E-state index in [-0.39, 0.29) is 17.5 Å². The Morgan fingerprint density at radius 3 is 2.70 bits per heavy atom. The van der Waals surface area contributed by atoms with Gasteiger partial charge in [0.05, 0.1) is 11.1 Å². The highest BCUT2D eigenvalue weighted by Crippen LogP contribution is 2.45. The third kappa shape index (κ3) is 2.73. The SMILES string of the molecule is CC1(C)c2cc(OC3CCNCC3)ccc2C(=O)c2c1[nH]c1cc(C#N)c(F)cc21. The van der Waals surface area contributed by atoms with E-state index in [0.717, 1.165) is 42.9 Å². The molecule has 0 unspecified atom stereocenters. The van der Waals surface area contributed by atoms with E-state index in [2.05, 4.69) is 10.3 Å². The monoisotopic (exact) mass is 403 g/mol. The molecule has 0 saturated carbocycles. The van der Waals surface area contributed by atoms with Crippen molar-refractivity contribution in [3.05, 3.63) is 64.1 Å². The van der Waals surface area contributed by atoms with Gasteiger partial charge >= 0.3 is 0 Å². The van der Waals surface area contributed by atoms with Crippen molar-refractivity contribution >= 4 is 16.7 Å². The molecule has 3 aromatic rings. The molecule has 0 atom stereocenters. The van der Waals surface area contributed by atoms with Gasteiger partial charge in [0.2, 0.25) is 0 Å². The minimum atomic E-state index is -0.617. The lowest BCUT2D eigenvalue weighted by Gasteiger charge is -2.33. The molecule has 0 bridgehead atoms. The number of aromatic nitrogens is 1. The molecule has 1 fully saturated rings. The first-order valence-corrected chi connectivity index (χ1v) is 10.2. The predicted molar refractivity (Wildman–Crippen MR) is 111 cm³/mol. The van der Waals surface area contributed by atoms with Crippen LogP contribution in [0.15, 0.2) is 30.3 Å². The van der Waals surface area contributed by atoms with Gasteiger partial charge in [-0.3, -0.25) is 4.79 Å². The Morgan fingerprint density at radius 1 is 1.20 bits per heavy atom. The largest absolute Gasteiger partial charge is 0.490 e. The lowest BCUT2D eigenvalue weighted by molar-refractivity contribution is 0.103. The van der Waals surface area contributed by atoms with E-state index in [1.807, 2.05) is 38.1 Å². The molecule has 6 heteroatoms. The second-order valence-corrected chi connectivity index (χ2v) is 8.59. The number of carbonyl (C=O) groups is 1. The van der Waals surface area contributed by atoms with Crippen molar-refractivity contribution in [1.29, 1.82) is 5.26 Å². The lowest BCUT2D eigenvalue weighted by Crippen LogP contribution is -2.34. The fourth-order valence-electron chi connectivity index (χ4n) is 4.69. The molecule has 2 N–H and O–H groups in total. The minimum Gasteiger partial charge on any atom is -0.490 e. The molecule has 5 rings (SSSR count). The van der Waals surface area contributed by atoms with Crippen LogP contribution >= 0.6 is 0 Å². The van der Waals surface area contributed by atoms with Gasteiger partial charge in [0.15, 0.2) is 5.78 Å². The molecule has 1 aliphatic carbocycles. The highest BCUT2D eigenvalue weighted by molar-refractivity contribution is 6.20. The number of nitrogens with one attached hydrogen (secondary N) is 2. The predicted octanol–water partition coefficient (Wildman–Crippen LogP) is 4.18. The Labute approximate surface area is 173 Å². The summed E-state index contributed by atoms with van der Waals surface area (Å²) in [6, 6.07) is 10.3. The molecule has 1 saturated heterocycles. The number of fused-ring (bicyclic) bond motifs is 4. The Hall–Kier alpha value is -3.17. The van der Waals surface area contributed by atoms with Crippen molar-refractivity contribution in [2.45, 2.75) is 38.2 Å². The number of nitrogens with zero attached hydrogens (tertiary/aromatic N) is 1. The van der Waals surface area contributed by atoms with Crippen molar-refractivity contribution in [3.63, 3.8) is 0 Å². The van der Waals surface area contributed by atoms with E-state index in [1.165, 1.54) is 12.1 Å². The second kappa shape index (κ2) is 6.68. The van der Waals surface area contributed by atoms with Crippen molar-refractivity contribution in [2.75, 3.05) is 13.1 Å². The van der Waals surface area contributed by atoms with Crippen LogP contribution < -0.4 is 10.1 Å². The molecule has 0 spiro atoms. The summed E-state index contributed by atoms with van der Waals surface area (Å²) in [7, 11) is 0. The van der Waals surface area contributed by atoms with E-state index >= 15 is 0 Å². The smallest absolute Gasteiger partial charge is 0.195 e. The van der Waals surface area contributed by atoms with Crippen molar-refractivity contribution in [2.24, 2.45) is 0 Å². The average Bonchev–Trinajstić information content (AvgIpc) is 3.12. The van der Waals surface area contributed by atoms with Crippen LogP contribution in [0, 0.1) is 17.1 Å². The van der Waals surface area contributed by atoms with E-state index in [1.54, 1.807) is 0 Å². The van der Waals surface area contributed by atoms with E-state index in [4.69, 9.17) is 10.00 Å². The maximum Gasteiger partial charge on any atom is 0.195 e. The highest BCUT2D eigenvalue weighted by atomic mass is 19.1. The number of nitriles is 1.